The van der Waals surface area contributed by atoms with Gasteiger partial charge in [0, 0.05) is 50.9 Å². The van der Waals surface area contributed by atoms with Gasteiger partial charge in [0.1, 0.15) is 5.82 Å². The molecule has 0 aliphatic rings. The molecule has 0 spiro atoms. The Balaban J connectivity index is 1.25. The van der Waals surface area contributed by atoms with Crippen molar-refractivity contribution in [3.05, 3.63) is 93.0 Å². The Morgan fingerprint density at radius 1 is 1.18 bits per heavy atom. The third-order valence-electron chi connectivity index (χ3n) is 5.32. The molecule has 2 heterocycles. The molecule has 4 rings (SSSR count). The van der Waals surface area contributed by atoms with Crippen molar-refractivity contribution in [1.82, 2.24) is 19.4 Å². The molecule has 0 aliphatic carbocycles. The number of nitrogens with zero attached hydrogens (tertiary/aromatic N) is 4. The number of nitro benzene ring substituents is 1. The number of non-ortho nitro benzene ring substituents is 1. The van der Waals surface area contributed by atoms with Gasteiger partial charge in [-0.3, -0.25) is 19.5 Å². The molecule has 1 N–H and O–H groups in total. The maximum absolute atomic E-state index is 12.2. The van der Waals surface area contributed by atoms with Crippen molar-refractivity contribution in [1.29, 1.82) is 0 Å². The normalized spacial score (nSPS) is 11.0. The molecular formula is C23H23N5O5. The maximum atomic E-state index is 12.2. The molecule has 0 saturated heterocycles. The number of carbonyl (C=O) groups is 1. The van der Waals surface area contributed by atoms with Gasteiger partial charge in [0.2, 0.25) is 5.91 Å². The van der Waals surface area contributed by atoms with Crippen molar-refractivity contribution in [2.75, 3.05) is 6.54 Å². The van der Waals surface area contributed by atoms with Crippen LogP contribution in [-0.4, -0.2) is 31.5 Å². The van der Waals surface area contributed by atoms with Gasteiger partial charge in [0.05, 0.1) is 16.5 Å². The van der Waals surface area contributed by atoms with Crippen LogP contribution in [0.4, 0.5) is 5.69 Å². The van der Waals surface area contributed by atoms with Gasteiger partial charge in [0.15, 0.2) is 5.58 Å². The van der Waals surface area contributed by atoms with Crippen molar-refractivity contribution in [3.63, 3.8) is 0 Å². The van der Waals surface area contributed by atoms with Crippen molar-refractivity contribution in [2.24, 2.45) is 0 Å². The Morgan fingerprint density at radius 2 is 2.00 bits per heavy atom. The fourth-order valence-corrected chi connectivity index (χ4v) is 3.67. The lowest BCUT2D eigenvalue weighted by molar-refractivity contribution is -0.384. The van der Waals surface area contributed by atoms with E-state index in [2.05, 4.69) is 27.0 Å². The van der Waals surface area contributed by atoms with Gasteiger partial charge >= 0.3 is 5.76 Å². The molecule has 0 atom stereocenters. The second-order valence-corrected chi connectivity index (χ2v) is 7.59. The van der Waals surface area contributed by atoms with E-state index in [9.17, 15) is 19.7 Å². The van der Waals surface area contributed by atoms with Crippen LogP contribution in [0.5, 0.6) is 0 Å². The smallest absolute Gasteiger partial charge is 0.407 e. The van der Waals surface area contributed by atoms with Crippen LogP contribution in [0.3, 0.4) is 0 Å². The number of carbonyl (C=O) groups excluding carboxylic acids is 1. The molecule has 10 nitrogen and oxygen atoms in total. The second-order valence-electron chi connectivity index (χ2n) is 7.59. The number of hydrogen-bond donors (Lipinski definition) is 1. The van der Waals surface area contributed by atoms with Crippen LogP contribution in [-0.2, 0) is 24.3 Å². The average molecular weight is 449 g/mol. The van der Waals surface area contributed by atoms with E-state index in [1.165, 1.54) is 28.3 Å². The largest absolute Gasteiger partial charge is 0.419 e. The number of oxazole rings is 1. The number of amides is 1. The summed E-state index contributed by atoms with van der Waals surface area (Å²) >= 11 is 0. The first-order valence-electron chi connectivity index (χ1n) is 10.6. The van der Waals surface area contributed by atoms with Crippen LogP contribution in [0.15, 0.2) is 70.1 Å². The first kappa shape index (κ1) is 22.0. The number of nitro groups is 1. The zero-order chi connectivity index (χ0) is 23.2. The van der Waals surface area contributed by atoms with E-state index in [4.69, 9.17) is 4.42 Å². The van der Waals surface area contributed by atoms with E-state index in [-0.39, 0.29) is 30.1 Å². The summed E-state index contributed by atoms with van der Waals surface area (Å²) in [7, 11) is 0. The average Bonchev–Trinajstić information content (AvgIpc) is 3.37. The van der Waals surface area contributed by atoms with E-state index in [0.717, 1.165) is 12.4 Å². The van der Waals surface area contributed by atoms with E-state index < -0.39 is 10.7 Å². The van der Waals surface area contributed by atoms with Gasteiger partial charge in [-0.1, -0.05) is 30.3 Å². The van der Waals surface area contributed by atoms with E-state index in [1.54, 1.807) is 6.20 Å². The first-order chi connectivity index (χ1) is 16.0. The number of imidazole rings is 1. The van der Waals surface area contributed by atoms with Crippen LogP contribution in [0.25, 0.3) is 11.1 Å². The summed E-state index contributed by atoms with van der Waals surface area (Å²) in [4.78, 5) is 39.0. The fourth-order valence-electron chi connectivity index (χ4n) is 3.67. The van der Waals surface area contributed by atoms with Gasteiger partial charge in [-0.05, 0) is 18.1 Å². The number of nitrogens with one attached hydrogen (secondary N) is 1. The summed E-state index contributed by atoms with van der Waals surface area (Å²) in [6.07, 6.45) is 4.95. The van der Waals surface area contributed by atoms with Gasteiger partial charge < -0.3 is 14.3 Å². The molecule has 1 amide bonds. The van der Waals surface area contributed by atoms with E-state index in [1.807, 2.05) is 24.4 Å². The molecule has 0 unspecified atom stereocenters. The standard InChI is InChI=1S/C23H23N5O5/c29-22(25-11-10-21-24-12-14-26(21)16-17-5-2-1-3-6-17)7-4-13-27-19-9-8-18(28(31)32)15-20(19)33-23(27)30/h1-3,5-6,8-9,12,14-15H,4,7,10-11,13,16H2,(H,25,29). The SMILES string of the molecule is O=C(CCCn1c(=O)oc2cc([N+](=O)[O-])ccc21)NCCc1nccn1Cc1ccccc1. The molecule has 2 aromatic heterocycles. The van der Waals surface area contributed by atoms with Gasteiger partial charge in [0.25, 0.3) is 5.69 Å². The Labute approximate surface area is 188 Å². The summed E-state index contributed by atoms with van der Waals surface area (Å²) in [6, 6.07) is 14.1. The molecule has 0 radical (unpaired) electrons. The van der Waals surface area contributed by atoms with Crippen molar-refractivity contribution in [2.45, 2.75) is 32.4 Å². The molecule has 170 valence electrons. The van der Waals surface area contributed by atoms with Crippen LogP contribution < -0.4 is 11.1 Å². The number of rotatable bonds is 10. The van der Waals surface area contributed by atoms with Crippen LogP contribution in [0.1, 0.15) is 24.2 Å². The highest BCUT2D eigenvalue weighted by atomic mass is 16.6. The Kier molecular flexibility index (Phi) is 6.63. The molecule has 0 bridgehead atoms. The third kappa shape index (κ3) is 5.35. The summed E-state index contributed by atoms with van der Waals surface area (Å²) < 4.78 is 8.54. The van der Waals surface area contributed by atoms with Gasteiger partial charge in [-0.2, -0.15) is 0 Å². The Hall–Kier alpha value is -4.21. The minimum absolute atomic E-state index is 0.118. The summed E-state index contributed by atoms with van der Waals surface area (Å²) in [5, 5.41) is 13.8. The summed E-state index contributed by atoms with van der Waals surface area (Å²) in [6.45, 7) is 1.46. The minimum atomic E-state index is -0.601. The lowest BCUT2D eigenvalue weighted by Gasteiger charge is -2.09. The highest BCUT2D eigenvalue weighted by molar-refractivity contribution is 5.76. The molecule has 2 aromatic carbocycles. The van der Waals surface area contributed by atoms with Crippen LogP contribution in [0, 0.1) is 10.1 Å². The fraction of sp³-hybridized carbons (Fsp3) is 0.261. The monoisotopic (exact) mass is 449 g/mol. The summed E-state index contributed by atoms with van der Waals surface area (Å²) in [5.41, 5.74) is 1.66. The third-order valence-corrected chi connectivity index (χ3v) is 5.32. The van der Waals surface area contributed by atoms with Crippen LogP contribution in [0.2, 0.25) is 0 Å². The summed E-state index contributed by atoms with van der Waals surface area (Å²) in [5.74, 6) is 0.175. The van der Waals surface area contributed by atoms with Gasteiger partial charge in [-0.15, -0.1) is 0 Å². The number of hydrogen-bond acceptors (Lipinski definition) is 6. The number of benzene rings is 2. The number of aromatic nitrogens is 3. The van der Waals surface area contributed by atoms with Crippen molar-refractivity contribution in [3.8, 4) is 0 Å². The molecule has 33 heavy (non-hydrogen) atoms. The van der Waals surface area contributed by atoms with Crippen molar-refractivity contribution < 1.29 is 14.1 Å². The lowest BCUT2D eigenvalue weighted by atomic mass is 10.2. The van der Waals surface area contributed by atoms with E-state index >= 15 is 0 Å². The topological polar surface area (TPSA) is 125 Å². The molecule has 4 aromatic rings. The zero-order valence-electron chi connectivity index (χ0n) is 17.8. The lowest BCUT2D eigenvalue weighted by Crippen LogP contribution is -2.27. The zero-order valence-corrected chi connectivity index (χ0v) is 17.8. The van der Waals surface area contributed by atoms with E-state index in [0.29, 0.717) is 24.9 Å². The number of aryl methyl sites for hydroxylation is 1. The van der Waals surface area contributed by atoms with Gasteiger partial charge in [-0.25, -0.2) is 9.78 Å². The minimum Gasteiger partial charge on any atom is -0.407 e. The van der Waals surface area contributed by atoms with Crippen LogP contribution >= 0.6 is 0 Å². The highest BCUT2D eigenvalue weighted by Crippen LogP contribution is 2.20. The predicted molar refractivity (Wildman–Crippen MR) is 121 cm³/mol. The molecular weight excluding hydrogens is 426 g/mol. The Morgan fingerprint density at radius 3 is 2.79 bits per heavy atom. The highest BCUT2D eigenvalue weighted by Gasteiger charge is 2.14. The molecule has 0 aliphatic heterocycles. The van der Waals surface area contributed by atoms with Crippen molar-refractivity contribution >= 4 is 22.7 Å². The maximum Gasteiger partial charge on any atom is 0.419 e. The Bertz CT molecular complexity index is 1320. The predicted octanol–water partition coefficient (Wildman–Crippen LogP) is 2.89. The molecule has 0 fully saturated rings. The molecule has 0 saturated carbocycles. The number of fused-ring (bicyclic) bond motifs is 1. The first-order valence-corrected chi connectivity index (χ1v) is 10.6. The quantitative estimate of drug-likeness (QED) is 0.293. The second kappa shape index (κ2) is 9.94. The molecule has 10 heteroatoms.